The summed E-state index contributed by atoms with van der Waals surface area (Å²) in [6, 6.07) is 69.3. The van der Waals surface area contributed by atoms with Crippen LogP contribution in [0.25, 0.3) is 98.7 Å². The summed E-state index contributed by atoms with van der Waals surface area (Å²) in [4.78, 5) is 16.1. The lowest BCUT2D eigenvalue weighted by Gasteiger charge is -2.39. The van der Waals surface area contributed by atoms with Gasteiger partial charge in [-0.15, -0.1) is 0 Å². The van der Waals surface area contributed by atoms with Crippen molar-refractivity contribution in [3.63, 3.8) is 0 Å². The van der Waals surface area contributed by atoms with E-state index < -0.39 is 5.41 Å². The zero-order valence-corrected chi connectivity index (χ0v) is 37.4. The first-order valence-electron chi connectivity index (χ1n) is 22.9. The van der Waals surface area contributed by atoms with Crippen molar-refractivity contribution in [3.05, 3.63) is 240 Å². The summed E-state index contributed by atoms with van der Waals surface area (Å²) in [6.45, 7) is 7.78. The average Bonchev–Trinajstić information content (AvgIpc) is 4.12. The molecule has 0 N–H and O–H groups in total. The second-order valence-electron chi connectivity index (χ2n) is 17.9. The predicted octanol–water partition coefficient (Wildman–Crippen LogP) is 15.0. The fourth-order valence-electron chi connectivity index (χ4n) is 11.9. The van der Waals surface area contributed by atoms with Crippen LogP contribution in [0.1, 0.15) is 27.8 Å². The number of fused-ring (bicyclic) bond motifs is 18. The number of hydrogen-bond acceptors (Lipinski definition) is 4. The molecule has 0 radical (unpaired) electrons. The third kappa shape index (κ3) is 5.00. The van der Waals surface area contributed by atoms with Gasteiger partial charge >= 0.3 is 0 Å². The Morgan fingerprint density at radius 1 is 0.435 bits per heavy atom. The summed E-state index contributed by atoms with van der Waals surface area (Å²) in [7, 11) is 0. The molecular weight excluding hydrogens is 863 g/mol. The van der Waals surface area contributed by atoms with Gasteiger partial charge < -0.3 is 13.7 Å². The maximum Gasteiger partial charge on any atom is 0.188 e. The highest BCUT2D eigenvalue weighted by molar-refractivity contribution is 7.99. The minimum Gasteiger partial charge on any atom is -0.309 e. The quantitative estimate of drug-likeness (QED) is 0.166. The van der Waals surface area contributed by atoms with E-state index in [4.69, 9.17) is 16.5 Å². The molecule has 0 fully saturated rings. The number of pyridine rings is 2. The van der Waals surface area contributed by atoms with Gasteiger partial charge in [-0.3, -0.25) is 9.97 Å². The van der Waals surface area contributed by atoms with Crippen LogP contribution in [-0.4, -0.2) is 23.7 Å². The molecule has 8 heteroatoms. The minimum absolute atomic E-state index is 0.629. The first-order valence-corrected chi connectivity index (χ1v) is 23.7. The van der Waals surface area contributed by atoms with Gasteiger partial charge in [0.15, 0.2) is 5.69 Å². The molecule has 1 aliphatic carbocycles. The Hall–Kier alpha value is -9.21. The lowest BCUT2D eigenvalue weighted by atomic mass is 9.67. The lowest BCUT2D eigenvalue weighted by Crippen LogP contribution is -2.32. The van der Waals surface area contributed by atoms with Crippen molar-refractivity contribution in [2.75, 3.05) is 0 Å². The predicted molar refractivity (Wildman–Crippen MR) is 277 cm³/mol. The number of nitrogens with zero attached hydrogens (tertiary/aromatic N) is 7. The Bertz CT molecular complexity index is 4470. The topological polar surface area (TPSA) is 68.7 Å². The van der Waals surface area contributed by atoms with E-state index >= 15 is 0 Å². The van der Waals surface area contributed by atoms with Gasteiger partial charge in [0, 0.05) is 66.2 Å². The molecule has 0 saturated carbocycles. The van der Waals surface area contributed by atoms with E-state index in [1.807, 2.05) is 48.4 Å². The van der Waals surface area contributed by atoms with Crippen LogP contribution in [0.4, 0.5) is 5.69 Å². The summed E-state index contributed by atoms with van der Waals surface area (Å²) in [5, 5.41) is 16.5. The molecule has 6 heterocycles. The second kappa shape index (κ2) is 13.9. The van der Waals surface area contributed by atoms with E-state index in [2.05, 4.69) is 188 Å². The molecule has 7 nitrogen and oxygen atoms in total. The molecule has 318 valence electrons. The van der Waals surface area contributed by atoms with Gasteiger partial charge in [0.1, 0.15) is 0 Å². The smallest absolute Gasteiger partial charge is 0.188 e. The van der Waals surface area contributed by atoms with Gasteiger partial charge in [-0.25, -0.2) is 4.85 Å². The number of rotatable bonds is 3. The van der Waals surface area contributed by atoms with Crippen LogP contribution in [0, 0.1) is 17.9 Å². The molecule has 0 saturated heterocycles. The van der Waals surface area contributed by atoms with Crippen molar-refractivity contribution in [1.82, 2.24) is 23.7 Å². The Kier molecular flexibility index (Phi) is 7.65. The fraction of sp³-hybridized carbons (Fsp3) is 0.0164. The van der Waals surface area contributed by atoms with Gasteiger partial charge in [0.05, 0.1) is 68.1 Å². The number of para-hydroxylation sites is 3. The molecular formula is C61H33N7S. The van der Waals surface area contributed by atoms with Crippen LogP contribution in [0.2, 0.25) is 0 Å². The second-order valence-corrected chi connectivity index (χ2v) is 19.0. The van der Waals surface area contributed by atoms with Crippen LogP contribution in [0.3, 0.4) is 0 Å². The molecule has 2 aliphatic rings. The number of benzene rings is 8. The van der Waals surface area contributed by atoms with E-state index in [1.54, 1.807) is 0 Å². The van der Waals surface area contributed by atoms with Gasteiger partial charge in [0.25, 0.3) is 0 Å². The molecule has 69 heavy (non-hydrogen) atoms. The molecule has 0 bridgehead atoms. The summed E-state index contributed by atoms with van der Waals surface area (Å²) < 4.78 is 7.07. The fourth-order valence-corrected chi connectivity index (χ4v) is 13.1. The van der Waals surface area contributed by atoms with Crippen molar-refractivity contribution in [2.24, 2.45) is 0 Å². The van der Waals surface area contributed by atoms with Crippen molar-refractivity contribution >= 4 is 82.9 Å². The monoisotopic (exact) mass is 895 g/mol. The van der Waals surface area contributed by atoms with Crippen molar-refractivity contribution in [1.29, 1.82) is 5.26 Å². The molecule has 5 aromatic heterocycles. The normalized spacial score (nSPS) is 13.2. The number of hydrogen-bond donors (Lipinski definition) is 0. The largest absolute Gasteiger partial charge is 0.309 e. The van der Waals surface area contributed by atoms with Crippen molar-refractivity contribution < 1.29 is 0 Å². The number of nitriles is 1. The zero-order chi connectivity index (χ0) is 45.5. The summed E-state index contributed by atoms with van der Waals surface area (Å²) in [5.74, 6) is 0. The summed E-state index contributed by atoms with van der Waals surface area (Å²) >= 11 is 1.82. The molecule has 15 rings (SSSR count). The van der Waals surface area contributed by atoms with E-state index in [-0.39, 0.29) is 0 Å². The SMILES string of the molecule is [C-]#[N+]c1ccc2c(c1)c1ccccc1n2-c1ccc2c(c1)Sc1cc(-n3c4ccccc4c4cc(-n5c6ccccc6c6cc(C#N)ccc65)ccc43)ccc1C21c2cccnc2-c2ncccc21. The Labute approximate surface area is 399 Å². The highest BCUT2D eigenvalue weighted by Gasteiger charge is 2.51. The van der Waals surface area contributed by atoms with Crippen LogP contribution in [0.15, 0.2) is 210 Å². The van der Waals surface area contributed by atoms with Crippen molar-refractivity contribution in [3.8, 4) is 34.5 Å². The average molecular weight is 896 g/mol. The first-order chi connectivity index (χ1) is 34.1. The maximum atomic E-state index is 9.80. The lowest BCUT2D eigenvalue weighted by molar-refractivity contribution is 0.718. The molecule has 1 spiro atoms. The van der Waals surface area contributed by atoms with Crippen LogP contribution < -0.4 is 0 Å². The molecule has 8 aromatic carbocycles. The van der Waals surface area contributed by atoms with E-state index in [9.17, 15) is 5.26 Å². The molecule has 0 unspecified atom stereocenters. The van der Waals surface area contributed by atoms with E-state index in [1.165, 1.54) is 16.5 Å². The molecule has 0 atom stereocenters. The summed E-state index contributed by atoms with van der Waals surface area (Å²) in [6.07, 6.45) is 3.76. The highest BCUT2D eigenvalue weighted by Crippen LogP contribution is 2.62. The van der Waals surface area contributed by atoms with Crippen LogP contribution >= 0.6 is 11.8 Å². The third-order valence-corrected chi connectivity index (χ3v) is 15.7. The van der Waals surface area contributed by atoms with Crippen molar-refractivity contribution in [2.45, 2.75) is 15.2 Å². The summed E-state index contributed by atoms with van der Waals surface area (Å²) in [5.41, 5.74) is 16.9. The molecule has 13 aromatic rings. The maximum absolute atomic E-state index is 9.80. The van der Waals surface area contributed by atoms with E-state index in [0.717, 1.165) is 109 Å². The third-order valence-electron chi connectivity index (χ3n) is 14.6. The Morgan fingerprint density at radius 3 is 1.42 bits per heavy atom. The van der Waals surface area contributed by atoms with Gasteiger partial charge in [-0.05, 0) is 131 Å². The molecule has 1 aliphatic heterocycles. The van der Waals surface area contributed by atoms with Crippen LogP contribution in [-0.2, 0) is 5.41 Å². The van der Waals surface area contributed by atoms with Gasteiger partial charge in [-0.1, -0.05) is 96.7 Å². The highest BCUT2D eigenvalue weighted by atomic mass is 32.2. The first kappa shape index (κ1) is 38.0. The number of aromatic nitrogens is 5. The van der Waals surface area contributed by atoms with Gasteiger partial charge in [0.2, 0.25) is 0 Å². The zero-order valence-electron chi connectivity index (χ0n) is 36.6. The van der Waals surface area contributed by atoms with E-state index in [0.29, 0.717) is 11.3 Å². The standard InChI is InChI=1S/C61H33N7S/c1-63-37-19-26-55-45(31-37)42-11-3-6-16-52(42)67(55)39-20-23-47-57(33-39)69-58-34-40(21-24-48(58)61(47)49-13-8-28-64-59(49)60-50(61)14-9-29-65-60)68-53-17-7-4-12-43(53)46-32-38(22-27-56(46)68)66-51-15-5-2-10-41(51)44-30-36(35-62)18-25-54(44)66/h2-34H. The van der Waals surface area contributed by atoms with Crippen LogP contribution in [0.5, 0.6) is 0 Å². The Morgan fingerprint density at radius 2 is 0.884 bits per heavy atom. The minimum atomic E-state index is -0.669. The van der Waals surface area contributed by atoms with Gasteiger partial charge in [-0.2, -0.15) is 5.26 Å². The Balaban J connectivity index is 0.958. The molecule has 0 amide bonds.